The second-order valence-corrected chi connectivity index (χ2v) is 11.0. The number of aryl methyl sites for hydroxylation is 1. The van der Waals surface area contributed by atoms with Gasteiger partial charge in [-0.25, -0.2) is 8.42 Å². The minimum atomic E-state index is -3.80. The number of thioether (sulfide) groups is 2. The van der Waals surface area contributed by atoms with Crippen LogP contribution in [0.25, 0.3) is 0 Å². The molecule has 10 heteroatoms. The van der Waals surface area contributed by atoms with Crippen molar-refractivity contribution >= 4 is 50.9 Å². The molecule has 1 saturated heterocycles. The molecule has 31 heavy (non-hydrogen) atoms. The Morgan fingerprint density at radius 2 is 1.94 bits per heavy atom. The molecule has 0 aromatic heterocycles. The summed E-state index contributed by atoms with van der Waals surface area (Å²) in [7, 11) is -3.80. The zero-order valence-corrected chi connectivity index (χ0v) is 19.7. The maximum absolute atomic E-state index is 12.9. The molecule has 0 radical (unpaired) electrons. The first-order valence-electron chi connectivity index (χ1n) is 9.75. The molecular weight excluding hydrogens is 454 g/mol. The SMILES string of the molecule is CCc1ccc(S(=O)(=O)C2CNC(SCC(=O)Nc3cccc(SC)c3)NC2=O)cc1. The lowest BCUT2D eigenvalue weighted by molar-refractivity contribution is -0.122. The Morgan fingerprint density at radius 3 is 2.58 bits per heavy atom. The molecule has 0 aliphatic carbocycles. The van der Waals surface area contributed by atoms with Crippen molar-refractivity contribution in [3.8, 4) is 0 Å². The van der Waals surface area contributed by atoms with E-state index in [0.29, 0.717) is 5.69 Å². The van der Waals surface area contributed by atoms with E-state index < -0.39 is 26.5 Å². The van der Waals surface area contributed by atoms with Gasteiger partial charge in [0.1, 0.15) is 5.50 Å². The van der Waals surface area contributed by atoms with Crippen molar-refractivity contribution in [2.75, 3.05) is 23.9 Å². The molecule has 0 bridgehead atoms. The average Bonchev–Trinajstić information content (AvgIpc) is 2.77. The van der Waals surface area contributed by atoms with Gasteiger partial charge in [-0.3, -0.25) is 14.9 Å². The van der Waals surface area contributed by atoms with Gasteiger partial charge >= 0.3 is 0 Å². The van der Waals surface area contributed by atoms with Crippen LogP contribution in [-0.2, 0) is 25.8 Å². The fourth-order valence-corrected chi connectivity index (χ4v) is 5.84. The summed E-state index contributed by atoms with van der Waals surface area (Å²) in [6, 6.07) is 14.1. The number of sulfone groups is 1. The maximum Gasteiger partial charge on any atom is 0.241 e. The standard InChI is InChI=1S/C21H25N3O4S3/c1-3-14-7-9-17(10-8-14)31(27,28)18-12-22-21(24-20(18)26)30-13-19(25)23-15-5-4-6-16(11-15)29-2/h4-11,18,21-22H,3,12-13H2,1-2H3,(H,23,25)(H,24,26). The lowest BCUT2D eigenvalue weighted by Gasteiger charge is -2.29. The molecule has 1 aliphatic rings. The molecule has 1 fully saturated rings. The number of benzene rings is 2. The zero-order chi connectivity index (χ0) is 22.4. The first-order valence-corrected chi connectivity index (χ1v) is 13.6. The second-order valence-electron chi connectivity index (χ2n) is 6.92. The van der Waals surface area contributed by atoms with Crippen LogP contribution in [0.3, 0.4) is 0 Å². The summed E-state index contributed by atoms with van der Waals surface area (Å²) < 4.78 is 25.7. The van der Waals surface area contributed by atoms with Gasteiger partial charge in [0.25, 0.3) is 0 Å². The Kier molecular flexibility index (Phi) is 8.04. The lowest BCUT2D eigenvalue weighted by Crippen LogP contribution is -2.59. The first kappa shape index (κ1) is 23.6. The van der Waals surface area contributed by atoms with E-state index in [1.807, 2.05) is 37.4 Å². The fraction of sp³-hybridized carbons (Fsp3) is 0.333. The topological polar surface area (TPSA) is 104 Å². The zero-order valence-electron chi connectivity index (χ0n) is 17.3. The lowest BCUT2D eigenvalue weighted by atomic mass is 10.2. The molecule has 0 saturated carbocycles. The molecule has 166 valence electrons. The van der Waals surface area contributed by atoms with E-state index in [9.17, 15) is 18.0 Å². The summed E-state index contributed by atoms with van der Waals surface area (Å²) >= 11 is 2.78. The number of carbonyl (C=O) groups excluding carboxylic acids is 2. The van der Waals surface area contributed by atoms with Gasteiger partial charge in [-0.1, -0.05) is 25.1 Å². The molecule has 0 spiro atoms. The van der Waals surface area contributed by atoms with Gasteiger partial charge in [-0.15, -0.1) is 23.5 Å². The minimum absolute atomic E-state index is 0.0151. The summed E-state index contributed by atoms with van der Waals surface area (Å²) in [5, 5.41) is 7.27. The van der Waals surface area contributed by atoms with Gasteiger partial charge in [0.15, 0.2) is 15.1 Å². The van der Waals surface area contributed by atoms with E-state index >= 15 is 0 Å². The van der Waals surface area contributed by atoms with Crippen molar-refractivity contribution in [3.05, 3.63) is 54.1 Å². The molecule has 2 atom stereocenters. The third-order valence-electron chi connectivity index (χ3n) is 4.82. The Morgan fingerprint density at radius 1 is 1.19 bits per heavy atom. The van der Waals surface area contributed by atoms with Gasteiger partial charge in [0.2, 0.25) is 11.8 Å². The summed E-state index contributed by atoms with van der Waals surface area (Å²) in [4.78, 5) is 25.9. The molecule has 3 rings (SSSR count). The molecular formula is C21H25N3O4S3. The molecule has 2 aromatic rings. The Bertz CT molecular complexity index is 1040. The van der Waals surface area contributed by atoms with Gasteiger partial charge in [0, 0.05) is 17.1 Å². The number of hydrogen-bond donors (Lipinski definition) is 3. The van der Waals surface area contributed by atoms with Crippen molar-refractivity contribution in [3.63, 3.8) is 0 Å². The molecule has 7 nitrogen and oxygen atoms in total. The molecule has 2 unspecified atom stereocenters. The average molecular weight is 480 g/mol. The maximum atomic E-state index is 12.9. The van der Waals surface area contributed by atoms with Crippen LogP contribution >= 0.6 is 23.5 Å². The van der Waals surface area contributed by atoms with Crippen LogP contribution in [0, 0.1) is 0 Å². The van der Waals surface area contributed by atoms with E-state index in [-0.39, 0.29) is 23.1 Å². The van der Waals surface area contributed by atoms with Gasteiger partial charge in [-0.05, 0) is 48.6 Å². The quantitative estimate of drug-likeness (QED) is 0.500. The summed E-state index contributed by atoms with van der Waals surface area (Å²) in [6.45, 7) is 1.97. The Hall–Kier alpha value is -2.01. The van der Waals surface area contributed by atoms with Crippen LogP contribution in [-0.4, -0.2) is 49.5 Å². The molecule has 3 N–H and O–H groups in total. The van der Waals surface area contributed by atoms with Crippen molar-refractivity contribution < 1.29 is 18.0 Å². The fourth-order valence-electron chi connectivity index (χ4n) is 3.07. The van der Waals surface area contributed by atoms with Crippen LogP contribution in [0.15, 0.2) is 58.3 Å². The van der Waals surface area contributed by atoms with Crippen LogP contribution < -0.4 is 16.0 Å². The summed E-state index contributed by atoms with van der Waals surface area (Å²) in [5.74, 6) is -0.661. The predicted octanol–water partition coefficient (Wildman–Crippen LogP) is 2.49. The van der Waals surface area contributed by atoms with Gasteiger partial charge < -0.3 is 10.6 Å². The first-order chi connectivity index (χ1) is 14.8. The summed E-state index contributed by atoms with van der Waals surface area (Å²) in [6.07, 6.45) is 2.77. The molecule has 2 amide bonds. The van der Waals surface area contributed by atoms with Gasteiger partial charge in [-0.2, -0.15) is 0 Å². The second kappa shape index (κ2) is 10.5. The van der Waals surface area contributed by atoms with Crippen LogP contribution in [0.5, 0.6) is 0 Å². The Balaban J connectivity index is 1.53. The van der Waals surface area contributed by atoms with Crippen molar-refractivity contribution in [1.82, 2.24) is 10.6 Å². The van der Waals surface area contributed by atoms with E-state index in [4.69, 9.17) is 0 Å². The normalized spacial score (nSPS) is 19.0. The smallest absolute Gasteiger partial charge is 0.241 e. The molecule has 1 aliphatic heterocycles. The number of rotatable bonds is 8. The van der Waals surface area contributed by atoms with E-state index in [1.165, 1.54) is 11.8 Å². The number of amides is 2. The van der Waals surface area contributed by atoms with Crippen LogP contribution in [0.2, 0.25) is 0 Å². The Labute approximate surface area is 191 Å². The highest BCUT2D eigenvalue weighted by Crippen LogP contribution is 2.22. The van der Waals surface area contributed by atoms with Crippen molar-refractivity contribution in [2.24, 2.45) is 0 Å². The van der Waals surface area contributed by atoms with E-state index in [0.717, 1.165) is 16.9 Å². The number of hydrogen-bond acceptors (Lipinski definition) is 7. The largest absolute Gasteiger partial charge is 0.331 e. The van der Waals surface area contributed by atoms with Crippen LogP contribution in [0.1, 0.15) is 12.5 Å². The van der Waals surface area contributed by atoms with E-state index in [1.54, 1.807) is 36.0 Å². The van der Waals surface area contributed by atoms with Crippen molar-refractivity contribution in [2.45, 2.75) is 33.9 Å². The minimum Gasteiger partial charge on any atom is -0.331 e. The highest BCUT2D eigenvalue weighted by Gasteiger charge is 2.38. The van der Waals surface area contributed by atoms with Gasteiger partial charge in [0.05, 0.1) is 10.6 Å². The number of carbonyl (C=O) groups is 2. The van der Waals surface area contributed by atoms with Crippen LogP contribution in [0.4, 0.5) is 5.69 Å². The van der Waals surface area contributed by atoms with E-state index in [2.05, 4.69) is 16.0 Å². The number of nitrogens with one attached hydrogen (secondary N) is 3. The summed E-state index contributed by atoms with van der Waals surface area (Å²) in [5.41, 5.74) is 1.20. The third-order valence-corrected chi connectivity index (χ3v) is 8.65. The monoisotopic (exact) mass is 479 g/mol. The molecule has 2 aromatic carbocycles. The molecule has 1 heterocycles. The predicted molar refractivity (Wildman–Crippen MR) is 126 cm³/mol. The highest BCUT2D eigenvalue weighted by atomic mass is 32.2. The third kappa shape index (κ3) is 6.03. The highest BCUT2D eigenvalue weighted by molar-refractivity contribution is 8.00. The van der Waals surface area contributed by atoms with Crippen molar-refractivity contribution in [1.29, 1.82) is 0 Å². The number of anilines is 1.